The van der Waals surface area contributed by atoms with E-state index in [0.29, 0.717) is 11.4 Å². The van der Waals surface area contributed by atoms with Gasteiger partial charge < -0.3 is 14.6 Å². The molecule has 0 unspecified atom stereocenters. The second kappa shape index (κ2) is 8.51. The number of aliphatic hydroxyl groups excluding tert-OH is 1. The number of carbonyl (C=O) groups is 1. The zero-order valence-corrected chi connectivity index (χ0v) is 15.5. The van der Waals surface area contributed by atoms with E-state index < -0.39 is 18.6 Å². The van der Waals surface area contributed by atoms with Gasteiger partial charge in [-0.3, -0.25) is 4.79 Å². The number of carbonyl (C=O) groups excluding carboxylic acids is 1. The summed E-state index contributed by atoms with van der Waals surface area (Å²) < 4.78 is 46.4. The number of benzene rings is 2. The number of hydrogen-bond acceptors (Lipinski definition) is 4. The van der Waals surface area contributed by atoms with Gasteiger partial charge in [0.15, 0.2) is 0 Å². The van der Waals surface area contributed by atoms with Crippen molar-refractivity contribution >= 4 is 17.4 Å². The molecule has 1 aliphatic heterocycles. The molecule has 0 bridgehead atoms. The van der Waals surface area contributed by atoms with Crippen LogP contribution in [0.15, 0.2) is 42.5 Å². The smallest absolute Gasteiger partial charge is 0.406 e. The second-order valence-corrected chi connectivity index (χ2v) is 7.00. The molecule has 0 aliphatic carbocycles. The van der Waals surface area contributed by atoms with Gasteiger partial charge in [0.2, 0.25) is 0 Å². The third-order valence-corrected chi connectivity index (χ3v) is 4.79. The largest absolute Gasteiger partial charge is 0.573 e. The number of alkyl halides is 3. The lowest BCUT2D eigenvalue weighted by molar-refractivity contribution is -0.274. The summed E-state index contributed by atoms with van der Waals surface area (Å²) in [6.45, 7) is -0.227. The molecule has 1 fully saturated rings. The molecule has 1 aliphatic rings. The second-order valence-electron chi connectivity index (χ2n) is 6.60. The third-order valence-electron chi connectivity index (χ3n) is 4.42. The Bertz CT molecular complexity index is 836. The monoisotopic (exact) mass is 414 g/mol. The molecule has 4 nitrogen and oxygen atoms in total. The summed E-state index contributed by atoms with van der Waals surface area (Å²) in [7, 11) is 0. The number of rotatable bonds is 5. The van der Waals surface area contributed by atoms with Crippen molar-refractivity contribution in [1.29, 1.82) is 0 Å². The molecule has 8 heteroatoms. The molecule has 1 saturated heterocycles. The maximum Gasteiger partial charge on any atom is 0.573 e. The van der Waals surface area contributed by atoms with Crippen molar-refractivity contribution in [1.82, 2.24) is 0 Å². The van der Waals surface area contributed by atoms with Gasteiger partial charge in [0, 0.05) is 17.9 Å². The van der Waals surface area contributed by atoms with E-state index in [2.05, 4.69) is 4.74 Å². The molecule has 2 aromatic carbocycles. The first kappa shape index (κ1) is 20.6. The van der Waals surface area contributed by atoms with E-state index in [1.54, 1.807) is 12.1 Å². The zero-order chi connectivity index (χ0) is 20.3. The molecule has 1 heterocycles. The van der Waals surface area contributed by atoms with Gasteiger partial charge in [-0.05, 0) is 41.3 Å². The van der Waals surface area contributed by atoms with Crippen molar-refractivity contribution < 1.29 is 32.5 Å². The summed E-state index contributed by atoms with van der Waals surface area (Å²) in [5.41, 5.74) is 2.27. The molecule has 3 rings (SSSR count). The fraction of sp³-hybridized carbons (Fsp3) is 0.350. The molecule has 0 amide bonds. The Hall–Kier alpha value is -2.09. The average molecular weight is 415 g/mol. The molecule has 2 aromatic rings. The lowest BCUT2D eigenvalue weighted by Gasteiger charge is -2.28. The number of aliphatic hydroxyl groups is 1. The van der Waals surface area contributed by atoms with Crippen molar-refractivity contribution in [2.45, 2.75) is 37.8 Å². The molecule has 150 valence electrons. The molecule has 0 aromatic heterocycles. The van der Waals surface area contributed by atoms with Gasteiger partial charge >= 0.3 is 6.36 Å². The minimum Gasteiger partial charge on any atom is -0.406 e. The van der Waals surface area contributed by atoms with Crippen LogP contribution in [-0.2, 0) is 16.0 Å². The summed E-state index contributed by atoms with van der Waals surface area (Å²) in [5.74, 6) is -0.271. The SMILES string of the molecule is O=C1C[C@@H](CO)O[C@@H](c2ccc(Cl)c(Cc3ccc(OC(F)(F)F)cc3)c2)C1. The van der Waals surface area contributed by atoms with Crippen LogP contribution in [0.2, 0.25) is 5.02 Å². The standard InChI is InChI=1S/C20H18ClF3O4/c21-18-6-3-13(19-10-15(26)9-17(11-25)27-19)8-14(18)7-12-1-4-16(5-2-12)28-20(22,23)24/h1-6,8,17,19,25H,7,9-11H2/t17-,19+/m0/s1. The van der Waals surface area contributed by atoms with Gasteiger partial charge in [0.1, 0.15) is 11.5 Å². The van der Waals surface area contributed by atoms with Gasteiger partial charge in [-0.25, -0.2) is 0 Å². The highest BCUT2D eigenvalue weighted by atomic mass is 35.5. The van der Waals surface area contributed by atoms with E-state index in [0.717, 1.165) is 16.7 Å². The van der Waals surface area contributed by atoms with Crippen molar-refractivity contribution in [2.75, 3.05) is 6.61 Å². The Morgan fingerprint density at radius 1 is 1.14 bits per heavy atom. The molecular formula is C20H18ClF3O4. The minimum atomic E-state index is -4.73. The van der Waals surface area contributed by atoms with Crippen LogP contribution in [-0.4, -0.2) is 30.0 Å². The Morgan fingerprint density at radius 2 is 1.86 bits per heavy atom. The number of Topliss-reactive ketones (excluding diaryl/α,β-unsaturated/α-hetero) is 1. The van der Waals surface area contributed by atoms with Crippen LogP contribution < -0.4 is 4.74 Å². The van der Waals surface area contributed by atoms with E-state index in [1.165, 1.54) is 24.3 Å². The summed E-state index contributed by atoms with van der Waals surface area (Å²) in [6, 6.07) is 10.8. The van der Waals surface area contributed by atoms with Gasteiger partial charge in [0.05, 0.1) is 18.8 Å². The predicted molar refractivity (Wildman–Crippen MR) is 96.3 cm³/mol. The first-order valence-corrected chi connectivity index (χ1v) is 9.02. The Kier molecular flexibility index (Phi) is 6.27. The van der Waals surface area contributed by atoms with E-state index in [4.69, 9.17) is 16.3 Å². The van der Waals surface area contributed by atoms with E-state index in [1.807, 2.05) is 6.07 Å². The molecular weight excluding hydrogens is 397 g/mol. The summed E-state index contributed by atoms with van der Waals surface area (Å²) >= 11 is 6.27. The molecule has 0 spiro atoms. The van der Waals surface area contributed by atoms with Crippen molar-refractivity contribution in [3.63, 3.8) is 0 Å². The fourth-order valence-corrected chi connectivity index (χ4v) is 3.32. The highest BCUT2D eigenvalue weighted by Gasteiger charge is 2.31. The van der Waals surface area contributed by atoms with Crippen molar-refractivity contribution in [2.24, 2.45) is 0 Å². The average Bonchev–Trinajstić information content (AvgIpc) is 2.63. The normalized spacial score (nSPS) is 20.2. The molecule has 1 N–H and O–H groups in total. The lowest BCUT2D eigenvalue weighted by Crippen LogP contribution is -2.30. The number of ether oxygens (including phenoxy) is 2. The molecule has 0 saturated carbocycles. The van der Waals surface area contributed by atoms with Gasteiger partial charge in [-0.15, -0.1) is 13.2 Å². The van der Waals surface area contributed by atoms with Crippen LogP contribution in [0, 0.1) is 0 Å². The zero-order valence-electron chi connectivity index (χ0n) is 14.7. The minimum absolute atomic E-state index is 0.0204. The van der Waals surface area contributed by atoms with Crippen molar-refractivity contribution in [3.05, 3.63) is 64.2 Å². The predicted octanol–water partition coefficient (Wildman–Crippen LogP) is 4.61. The molecule has 0 radical (unpaired) electrons. The molecule has 28 heavy (non-hydrogen) atoms. The summed E-state index contributed by atoms with van der Waals surface area (Å²) in [5, 5.41) is 9.78. The maximum absolute atomic E-state index is 12.3. The van der Waals surface area contributed by atoms with E-state index in [-0.39, 0.29) is 31.0 Å². The van der Waals surface area contributed by atoms with Crippen LogP contribution >= 0.6 is 11.6 Å². The Balaban J connectivity index is 1.76. The number of hydrogen-bond donors (Lipinski definition) is 1. The van der Waals surface area contributed by atoms with Crippen LogP contribution in [0.1, 0.15) is 35.6 Å². The summed E-state index contributed by atoms with van der Waals surface area (Å²) in [6.07, 6.45) is -4.91. The van der Waals surface area contributed by atoms with Gasteiger partial charge in [-0.1, -0.05) is 35.9 Å². The van der Waals surface area contributed by atoms with Gasteiger partial charge in [-0.2, -0.15) is 0 Å². The third kappa shape index (κ3) is 5.47. The topological polar surface area (TPSA) is 55.8 Å². The number of halogens is 4. The van der Waals surface area contributed by atoms with Crippen molar-refractivity contribution in [3.8, 4) is 5.75 Å². The highest BCUT2D eigenvalue weighted by molar-refractivity contribution is 6.31. The van der Waals surface area contributed by atoms with Gasteiger partial charge in [0.25, 0.3) is 0 Å². The maximum atomic E-state index is 12.3. The van der Waals surface area contributed by atoms with Crippen LogP contribution in [0.3, 0.4) is 0 Å². The highest BCUT2D eigenvalue weighted by Crippen LogP contribution is 2.32. The first-order chi connectivity index (χ1) is 13.2. The fourth-order valence-electron chi connectivity index (χ4n) is 3.14. The Labute approximate surface area is 164 Å². The lowest BCUT2D eigenvalue weighted by atomic mass is 9.95. The van der Waals surface area contributed by atoms with Crippen LogP contribution in [0.5, 0.6) is 5.75 Å². The first-order valence-electron chi connectivity index (χ1n) is 8.64. The van der Waals surface area contributed by atoms with Crippen LogP contribution in [0.4, 0.5) is 13.2 Å². The summed E-state index contributed by atoms with van der Waals surface area (Å²) in [4.78, 5) is 11.9. The van der Waals surface area contributed by atoms with Crippen LogP contribution in [0.25, 0.3) is 0 Å². The van der Waals surface area contributed by atoms with E-state index >= 15 is 0 Å². The Morgan fingerprint density at radius 3 is 2.50 bits per heavy atom. The quantitative estimate of drug-likeness (QED) is 0.776. The number of ketones is 1. The van der Waals surface area contributed by atoms with E-state index in [9.17, 15) is 23.1 Å². The molecule has 2 atom stereocenters.